The maximum Gasteiger partial charge on any atom is 0.257 e. The molecule has 8 heteroatoms. The van der Waals surface area contributed by atoms with Crippen LogP contribution in [0, 0.1) is 6.92 Å². The molecule has 0 spiro atoms. The van der Waals surface area contributed by atoms with Crippen LogP contribution in [0.15, 0.2) is 28.8 Å². The maximum absolute atomic E-state index is 13.1. The number of morpholine rings is 1. The highest BCUT2D eigenvalue weighted by Gasteiger charge is 2.41. The van der Waals surface area contributed by atoms with Gasteiger partial charge in [0.05, 0.1) is 18.2 Å². The van der Waals surface area contributed by atoms with Crippen LogP contribution in [-0.2, 0) is 4.74 Å². The summed E-state index contributed by atoms with van der Waals surface area (Å²) < 4.78 is 10.9. The van der Waals surface area contributed by atoms with E-state index in [9.17, 15) is 4.79 Å². The van der Waals surface area contributed by atoms with Crippen molar-refractivity contribution in [1.82, 2.24) is 15.4 Å². The molecule has 2 aromatic rings. The van der Waals surface area contributed by atoms with Gasteiger partial charge in [0.2, 0.25) is 0 Å². The number of nitrogens with zero attached hydrogens (tertiary/aromatic N) is 2. The first kappa shape index (κ1) is 19.8. The topological polar surface area (TPSA) is 67.6 Å². The fourth-order valence-electron chi connectivity index (χ4n) is 3.94. The summed E-state index contributed by atoms with van der Waals surface area (Å²) in [6.07, 6.45) is 1.07. The highest BCUT2D eigenvalue weighted by Crippen LogP contribution is 2.34. The molecule has 3 heterocycles. The summed E-state index contributed by atoms with van der Waals surface area (Å²) in [7, 11) is 0. The monoisotopic (exact) mass is 421 g/mol. The van der Waals surface area contributed by atoms with Gasteiger partial charge >= 0.3 is 0 Å². The molecular weight excluding hydrogens is 398 g/mol. The number of hydrogen-bond acceptors (Lipinski definition) is 6. The van der Waals surface area contributed by atoms with Gasteiger partial charge in [-0.3, -0.25) is 9.69 Å². The van der Waals surface area contributed by atoms with Gasteiger partial charge in [0.1, 0.15) is 17.0 Å². The summed E-state index contributed by atoms with van der Waals surface area (Å²) in [5.74, 6) is 2.46. The number of carbonyl (C=O) groups is 1. The second-order valence-corrected chi connectivity index (χ2v) is 8.76. The lowest BCUT2D eigenvalue weighted by Gasteiger charge is -2.43. The zero-order valence-corrected chi connectivity index (χ0v) is 17.4. The molecule has 1 aromatic carbocycles. The third-order valence-corrected chi connectivity index (χ3v) is 7.13. The van der Waals surface area contributed by atoms with E-state index in [0.29, 0.717) is 34.1 Å². The third-order valence-electron chi connectivity index (χ3n) is 5.56. The highest BCUT2D eigenvalue weighted by atomic mass is 35.5. The van der Waals surface area contributed by atoms with E-state index in [0.717, 1.165) is 44.2 Å². The zero-order chi connectivity index (χ0) is 19.6. The SMILES string of the molecule is Cc1onc(-c2ccccc2Cl)c1C(=O)NCC1(N2CCOCC2)CCSC1. The molecule has 2 aliphatic rings. The second-order valence-electron chi connectivity index (χ2n) is 7.25. The van der Waals surface area contributed by atoms with Gasteiger partial charge in [-0.25, -0.2) is 0 Å². The molecule has 2 fully saturated rings. The largest absolute Gasteiger partial charge is 0.379 e. The average Bonchev–Trinajstić information content (AvgIpc) is 3.35. The number of thioether (sulfide) groups is 1. The van der Waals surface area contributed by atoms with Crippen molar-refractivity contribution in [3.8, 4) is 11.3 Å². The maximum atomic E-state index is 13.1. The smallest absolute Gasteiger partial charge is 0.257 e. The molecule has 4 rings (SSSR count). The van der Waals surface area contributed by atoms with E-state index in [-0.39, 0.29) is 11.4 Å². The predicted molar refractivity (Wildman–Crippen MR) is 111 cm³/mol. The summed E-state index contributed by atoms with van der Waals surface area (Å²) in [4.78, 5) is 15.6. The van der Waals surface area contributed by atoms with Crippen molar-refractivity contribution in [1.29, 1.82) is 0 Å². The first-order valence-corrected chi connectivity index (χ1v) is 11.0. The number of aromatic nitrogens is 1. The van der Waals surface area contributed by atoms with Gasteiger partial charge in [0.15, 0.2) is 0 Å². The molecule has 28 heavy (non-hydrogen) atoms. The van der Waals surface area contributed by atoms with Crippen molar-refractivity contribution >= 4 is 29.3 Å². The van der Waals surface area contributed by atoms with Gasteiger partial charge in [-0.15, -0.1) is 0 Å². The summed E-state index contributed by atoms with van der Waals surface area (Å²) in [6, 6.07) is 7.35. The van der Waals surface area contributed by atoms with Crippen LogP contribution >= 0.6 is 23.4 Å². The van der Waals surface area contributed by atoms with Crippen LogP contribution in [0.1, 0.15) is 22.5 Å². The lowest BCUT2D eigenvalue weighted by atomic mass is 9.95. The molecule has 0 saturated carbocycles. The molecule has 0 bridgehead atoms. The van der Waals surface area contributed by atoms with E-state index in [4.69, 9.17) is 20.9 Å². The Hall–Kier alpha value is -1.54. The van der Waals surface area contributed by atoms with Gasteiger partial charge in [0, 0.05) is 36.5 Å². The van der Waals surface area contributed by atoms with Crippen LogP contribution < -0.4 is 5.32 Å². The normalized spacial score (nSPS) is 23.1. The van der Waals surface area contributed by atoms with Crippen molar-refractivity contribution in [3.63, 3.8) is 0 Å². The van der Waals surface area contributed by atoms with Crippen LogP contribution in [0.25, 0.3) is 11.3 Å². The Morgan fingerprint density at radius 1 is 1.36 bits per heavy atom. The van der Waals surface area contributed by atoms with Crippen molar-refractivity contribution in [2.45, 2.75) is 18.9 Å². The number of aryl methyl sites for hydroxylation is 1. The second kappa shape index (κ2) is 8.45. The third kappa shape index (κ3) is 3.81. The van der Waals surface area contributed by atoms with E-state index in [1.165, 1.54) is 0 Å². The highest BCUT2D eigenvalue weighted by molar-refractivity contribution is 7.99. The minimum atomic E-state index is -0.168. The molecule has 6 nitrogen and oxygen atoms in total. The zero-order valence-electron chi connectivity index (χ0n) is 15.9. The molecule has 1 unspecified atom stereocenters. The van der Waals surface area contributed by atoms with E-state index >= 15 is 0 Å². The molecular formula is C20H24ClN3O3S. The van der Waals surface area contributed by atoms with Gasteiger partial charge in [-0.2, -0.15) is 11.8 Å². The molecule has 0 aliphatic carbocycles. The Labute approximate surface area is 173 Å². The summed E-state index contributed by atoms with van der Waals surface area (Å²) in [6.45, 7) is 5.68. The molecule has 150 valence electrons. The first-order chi connectivity index (χ1) is 13.6. The lowest BCUT2D eigenvalue weighted by Crippen LogP contribution is -2.59. The summed E-state index contributed by atoms with van der Waals surface area (Å²) in [5, 5.41) is 7.80. The Balaban J connectivity index is 1.54. The van der Waals surface area contributed by atoms with Crippen LogP contribution in [0.4, 0.5) is 0 Å². The van der Waals surface area contributed by atoms with Crippen molar-refractivity contribution in [2.75, 3.05) is 44.4 Å². The molecule has 2 saturated heterocycles. The van der Waals surface area contributed by atoms with Gasteiger partial charge in [-0.05, 0) is 25.2 Å². The Bertz CT molecular complexity index is 845. The van der Waals surface area contributed by atoms with E-state index in [1.54, 1.807) is 13.0 Å². The van der Waals surface area contributed by atoms with E-state index in [2.05, 4.69) is 15.4 Å². The molecule has 1 amide bonds. The van der Waals surface area contributed by atoms with Crippen LogP contribution in [-0.4, -0.2) is 65.9 Å². The van der Waals surface area contributed by atoms with E-state index in [1.807, 2.05) is 30.0 Å². The lowest BCUT2D eigenvalue weighted by molar-refractivity contribution is -0.0129. The van der Waals surface area contributed by atoms with Crippen LogP contribution in [0.2, 0.25) is 5.02 Å². The molecule has 1 aromatic heterocycles. The Morgan fingerprint density at radius 2 is 2.14 bits per heavy atom. The minimum Gasteiger partial charge on any atom is -0.379 e. The number of hydrogen-bond donors (Lipinski definition) is 1. The van der Waals surface area contributed by atoms with Crippen molar-refractivity contribution < 1.29 is 14.1 Å². The number of ether oxygens (including phenoxy) is 1. The van der Waals surface area contributed by atoms with Crippen LogP contribution in [0.3, 0.4) is 0 Å². The van der Waals surface area contributed by atoms with Crippen molar-refractivity contribution in [2.24, 2.45) is 0 Å². The summed E-state index contributed by atoms with van der Waals surface area (Å²) >= 11 is 8.26. The number of rotatable bonds is 5. The fraction of sp³-hybridized carbons (Fsp3) is 0.500. The molecule has 0 radical (unpaired) electrons. The standard InChI is InChI=1S/C20H24ClN3O3S/c1-14-17(18(23-27-14)15-4-2-3-5-16(15)21)19(25)22-12-20(6-11-28-13-20)24-7-9-26-10-8-24/h2-5H,6-13H2,1H3,(H,22,25). The number of benzene rings is 1. The fourth-order valence-corrected chi connectivity index (χ4v) is 5.65. The van der Waals surface area contributed by atoms with E-state index < -0.39 is 0 Å². The molecule has 1 N–H and O–H groups in total. The van der Waals surface area contributed by atoms with Gasteiger partial charge in [-0.1, -0.05) is 35.0 Å². The summed E-state index contributed by atoms with van der Waals surface area (Å²) in [5.41, 5.74) is 1.63. The number of nitrogens with one attached hydrogen (secondary N) is 1. The van der Waals surface area contributed by atoms with Gasteiger partial charge in [0.25, 0.3) is 5.91 Å². The van der Waals surface area contributed by atoms with Crippen LogP contribution in [0.5, 0.6) is 0 Å². The Morgan fingerprint density at radius 3 is 2.86 bits per heavy atom. The molecule has 2 aliphatic heterocycles. The Kier molecular flexibility index (Phi) is 5.96. The van der Waals surface area contributed by atoms with Crippen molar-refractivity contribution in [3.05, 3.63) is 40.6 Å². The first-order valence-electron chi connectivity index (χ1n) is 9.51. The average molecular weight is 422 g/mol. The number of halogens is 1. The number of carbonyl (C=O) groups excluding carboxylic acids is 1. The predicted octanol–water partition coefficient (Wildman–Crippen LogP) is 3.24. The quantitative estimate of drug-likeness (QED) is 0.799. The molecule has 1 atom stereocenters. The van der Waals surface area contributed by atoms with Gasteiger partial charge < -0.3 is 14.6 Å². The number of amides is 1. The minimum absolute atomic E-state index is 0.0142.